The van der Waals surface area contributed by atoms with Gasteiger partial charge in [-0.2, -0.15) is 5.10 Å². The third-order valence-corrected chi connectivity index (χ3v) is 5.86. The Morgan fingerprint density at radius 1 is 0.838 bits per heavy atom. The molecule has 7 nitrogen and oxygen atoms in total. The predicted molar refractivity (Wildman–Crippen MR) is 148 cm³/mol. The molecule has 0 aromatic heterocycles. The molecular formula is C30H42N2O5. The summed E-state index contributed by atoms with van der Waals surface area (Å²) in [6.45, 7) is 4.89. The molecule has 0 radical (unpaired) electrons. The minimum Gasteiger partial charge on any atom is -0.494 e. The first-order chi connectivity index (χ1) is 18.1. The van der Waals surface area contributed by atoms with Gasteiger partial charge >= 0.3 is 5.97 Å². The number of hydrogen-bond acceptors (Lipinski definition) is 6. The number of carbonyl (C=O) groups is 2. The smallest absolute Gasteiger partial charge is 0.343 e. The highest BCUT2D eigenvalue weighted by atomic mass is 16.6. The van der Waals surface area contributed by atoms with Crippen LogP contribution in [0.5, 0.6) is 17.2 Å². The Balaban J connectivity index is 1.75. The molecule has 1 amide bonds. The van der Waals surface area contributed by atoms with E-state index in [4.69, 9.17) is 14.2 Å². The van der Waals surface area contributed by atoms with Gasteiger partial charge in [-0.3, -0.25) is 4.79 Å². The number of carbonyl (C=O) groups excluding carboxylic acids is 2. The van der Waals surface area contributed by atoms with Gasteiger partial charge in [0, 0.05) is 6.42 Å². The fourth-order valence-electron chi connectivity index (χ4n) is 3.75. The molecule has 202 valence electrons. The van der Waals surface area contributed by atoms with Crippen molar-refractivity contribution >= 4 is 18.1 Å². The van der Waals surface area contributed by atoms with Crippen molar-refractivity contribution in [1.29, 1.82) is 0 Å². The lowest BCUT2D eigenvalue weighted by atomic mass is 10.1. The maximum absolute atomic E-state index is 12.5. The van der Waals surface area contributed by atoms with Crippen molar-refractivity contribution in [2.24, 2.45) is 5.10 Å². The third kappa shape index (κ3) is 12.0. The number of nitrogens with one attached hydrogen (secondary N) is 1. The SMILES string of the molecule is CCCCCCCCCCCC(=O)N/N=C/c1ccc(OC(=O)c2ccc(OCCC)cc2)c(OC)c1. The van der Waals surface area contributed by atoms with E-state index in [1.807, 2.05) is 6.92 Å². The summed E-state index contributed by atoms with van der Waals surface area (Å²) >= 11 is 0. The van der Waals surface area contributed by atoms with E-state index in [0.29, 0.717) is 41.4 Å². The summed E-state index contributed by atoms with van der Waals surface area (Å²) in [5.74, 6) is 0.805. The number of hydrazone groups is 1. The van der Waals surface area contributed by atoms with Crippen molar-refractivity contribution in [3.05, 3.63) is 53.6 Å². The number of methoxy groups -OCH3 is 1. The highest BCUT2D eigenvalue weighted by Crippen LogP contribution is 2.28. The van der Waals surface area contributed by atoms with Gasteiger partial charge in [0.05, 0.1) is 25.5 Å². The highest BCUT2D eigenvalue weighted by Gasteiger charge is 2.13. The van der Waals surface area contributed by atoms with Gasteiger partial charge in [-0.1, -0.05) is 65.2 Å². The van der Waals surface area contributed by atoms with Crippen molar-refractivity contribution < 1.29 is 23.8 Å². The molecule has 2 aromatic carbocycles. The highest BCUT2D eigenvalue weighted by molar-refractivity contribution is 5.91. The molecule has 0 heterocycles. The van der Waals surface area contributed by atoms with Crippen LogP contribution >= 0.6 is 0 Å². The lowest BCUT2D eigenvalue weighted by Crippen LogP contribution is -2.16. The molecule has 0 unspecified atom stereocenters. The molecule has 0 aliphatic heterocycles. The quantitative estimate of drug-likeness (QED) is 0.0762. The molecule has 2 rings (SSSR count). The van der Waals surface area contributed by atoms with Gasteiger partial charge in [0.2, 0.25) is 5.91 Å². The summed E-state index contributed by atoms with van der Waals surface area (Å²) < 4.78 is 16.4. The van der Waals surface area contributed by atoms with Gasteiger partial charge < -0.3 is 14.2 Å². The zero-order valence-corrected chi connectivity index (χ0v) is 22.6. The van der Waals surface area contributed by atoms with Gasteiger partial charge in [-0.15, -0.1) is 0 Å². The van der Waals surface area contributed by atoms with Crippen LogP contribution in [0.4, 0.5) is 0 Å². The first-order valence-corrected chi connectivity index (χ1v) is 13.5. The fraction of sp³-hybridized carbons (Fsp3) is 0.500. The maximum Gasteiger partial charge on any atom is 0.343 e. The van der Waals surface area contributed by atoms with Gasteiger partial charge in [-0.05, 0) is 60.9 Å². The number of hydrogen-bond donors (Lipinski definition) is 1. The summed E-state index contributed by atoms with van der Waals surface area (Å²) in [6, 6.07) is 11.9. The largest absolute Gasteiger partial charge is 0.494 e. The van der Waals surface area contributed by atoms with Crippen molar-refractivity contribution in [2.45, 2.75) is 84.5 Å². The van der Waals surface area contributed by atoms with E-state index in [-0.39, 0.29) is 5.91 Å². The lowest BCUT2D eigenvalue weighted by Gasteiger charge is -2.10. The number of rotatable bonds is 18. The van der Waals surface area contributed by atoms with Crippen LogP contribution in [0.25, 0.3) is 0 Å². The topological polar surface area (TPSA) is 86.2 Å². The second-order valence-corrected chi connectivity index (χ2v) is 9.04. The van der Waals surface area contributed by atoms with Crippen LogP contribution in [0.1, 0.15) is 100 Å². The van der Waals surface area contributed by atoms with Gasteiger partial charge in [0.1, 0.15) is 5.75 Å². The molecular weight excluding hydrogens is 468 g/mol. The van der Waals surface area contributed by atoms with E-state index in [9.17, 15) is 9.59 Å². The van der Waals surface area contributed by atoms with Gasteiger partial charge in [0.25, 0.3) is 0 Å². The van der Waals surface area contributed by atoms with Crippen LogP contribution in [-0.2, 0) is 4.79 Å². The molecule has 0 spiro atoms. The lowest BCUT2D eigenvalue weighted by molar-refractivity contribution is -0.121. The van der Waals surface area contributed by atoms with E-state index in [1.165, 1.54) is 58.3 Å². The summed E-state index contributed by atoms with van der Waals surface area (Å²) in [6.07, 6.45) is 13.8. The Hall–Kier alpha value is -3.35. The van der Waals surface area contributed by atoms with E-state index in [0.717, 1.165) is 19.3 Å². The van der Waals surface area contributed by atoms with Crippen LogP contribution in [-0.4, -0.2) is 31.8 Å². The standard InChI is InChI=1S/C30H42N2O5/c1-4-6-7-8-9-10-11-12-13-14-29(33)32-31-23-24-15-20-27(28(22-24)35-3)37-30(34)25-16-18-26(19-17-25)36-21-5-2/h15-20,22-23H,4-14,21H2,1-3H3,(H,32,33)/b31-23+. The minimum atomic E-state index is -0.495. The molecule has 0 bridgehead atoms. The van der Waals surface area contributed by atoms with Crippen LogP contribution < -0.4 is 19.6 Å². The molecule has 0 atom stereocenters. The number of amides is 1. The molecule has 7 heteroatoms. The van der Waals surface area contributed by atoms with Crippen LogP contribution in [0.15, 0.2) is 47.6 Å². The van der Waals surface area contributed by atoms with Crippen molar-refractivity contribution in [1.82, 2.24) is 5.43 Å². The van der Waals surface area contributed by atoms with Gasteiger partial charge in [-0.25, -0.2) is 10.2 Å². The van der Waals surface area contributed by atoms with E-state index >= 15 is 0 Å². The second kappa shape index (κ2) is 18.0. The maximum atomic E-state index is 12.5. The van der Waals surface area contributed by atoms with E-state index in [1.54, 1.807) is 42.5 Å². The summed E-state index contributed by atoms with van der Waals surface area (Å²) in [5, 5.41) is 4.04. The average molecular weight is 511 g/mol. The van der Waals surface area contributed by atoms with Gasteiger partial charge in [0.15, 0.2) is 11.5 Å². The van der Waals surface area contributed by atoms with E-state index < -0.39 is 5.97 Å². The van der Waals surface area contributed by atoms with Crippen molar-refractivity contribution in [2.75, 3.05) is 13.7 Å². The minimum absolute atomic E-state index is 0.0946. The van der Waals surface area contributed by atoms with Crippen molar-refractivity contribution in [3.8, 4) is 17.2 Å². The molecule has 1 N–H and O–H groups in total. The molecule has 0 aliphatic carbocycles. The molecule has 2 aromatic rings. The number of nitrogens with zero attached hydrogens (tertiary/aromatic N) is 1. The molecule has 0 fully saturated rings. The predicted octanol–water partition coefficient (Wildman–Crippen LogP) is 7.07. The first kappa shape index (κ1) is 29.9. The number of benzene rings is 2. The van der Waals surface area contributed by atoms with Crippen molar-refractivity contribution in [3.63, 3.8) is 0 Å². The van der Waals surface area contributed by atoms with E-state index in [2.05, 4.69) is 17.5 Å². The monoisotopic (exact) mass is 510 g/mol. The average Bonchev–Trinajstić information content (AvgIpc) is 2.92. The Bertz CT molecular complexity index is 972. The van der Waals surface area contributed by atoms with Crippen LogP contribution in [0, 0.1) is 0 Å². The third-order valence-electron chi connectivity index (χ3n) is 5.86. The molecule has 37 heavy (non-hydrogen) atoms. The number of unbranched alkanes of at least 4 members (excludes halogenated alkanes) is 8. The number of esters is 1. The van der Waals surface area contributed by atoms with Crippen LogP contribution in [0.3, 0.4) is 0 Å². The fourth-order valence-corrected chi connectivity index (χ4v) is 3.75. The zero-order chi connectivity index (χ0) is 26.7. The molecule has 0 saturated heterocycles. The molecule has 0 saturated carbocycles. The number of ether oxygens (including phenoxy) is 3. The summed E-state index contributed by atoms with van der Waals surface area (Å²) in [7, 11) is 1.50. The Labute approximate surface area is 221 Å². The Kier molecular flexibility index (Phi) is 14.5. The van der Waals surface area contributed by atoms with Crippen LogP contribution in [0.2, 0.25) is 0 Å². The normalized spacial score (nSPS) is 10.9. The zero-order valence-electron chi connectivity index (χ0n) is 22.6. The summed E-state index contributed by atoms with van der Waals surface area (Å²) in [5.41, 5.74) is 3.69. The Morgan fingerprint density at radius 3 is 2.16 bits per heavy atom. The second-order valence-electron chi connectivity index (χ2n) is 9.04. The summed E-state index contributed by atoms with van der Waals surface area (Å²) in [4.78, 5) is 24.6. The molecule has 0 aliphatic rings. The Morgan fingerprint density at radius 2 is 1.51 bits per heavy atom. The first-order valence-electron chi connectivity index (χ1n) is 13.5.